The Morgan fingerprint density at radius 1 is 1.10 bits per heavy atom. The maximum absolute atomic E-state index is 13.3. The molecular weight excluding hydrogens is 427 g/mol. The number of sulfonamides is 1. The summed E-state index contributed by atoms with van der Waals surface area (Å²) in [4.78, 5) is 12.8. The first-order valence-electron chi connectivity index (χ1n) is 10.1. The molecular formula is C22H26ClFN2O3S. The summed E-state index contributed by atoms with van der Waals surface area (Å²) in [6.07, 6.45) is 4.31. The number of carbonyl (C=O) groups is 1. The molecule has 1 N–H and O–H groups in total. The normalized spacial score (nSPS) is 16.4. The first-order valence-corrected chi connectivity index (χ1v) is 11.9. The number of rotatable bonds is 7. The van der Waals surface area contributed by atoms with Crippen LogP contribution in [0.3, 0.4) is 0 Å². The summed E-state index contributed by atoms with van der Waals surface area (Å²) >= 11 is 5.91. The predicted octanol–water partition coefficient (Wildman–Crippen LogP) is 4.68. The highest BCUT2D eigenvalue weighted by Gasteiger charge is 2.34. The molecule has 0 heterocycles. The highest BCUT2D eigenvalue weighted by Crippen LogP contribution is 2.28. The summed E-state index contributed by atoms with van der Waals surface area (Å²) in [5.74, 6) is -0.888. The van der Waals surface area contributed by atoms with E-state index in [-0.39, 0.29) is 29.4 Å². The molecule has 3 rings (SSSR count). The van der Waals surface area contributed by atoms with Crippen LogP contribution in [0.5, 0.6) is 0 Å². The molecule has 1 fully saturated rings. The third-order valence-electron chi connectivity index (χ3n) is 5.45. The third-order valence-corrected chi connectivity index (χ3v) is 7.61. The Labute approximate surface area is 182 Å². The maximum Gasteiger partial charge on any atom is 0.243 e. The van der Waals surface area contributed by atoms with Gasteiger partial charge >= 0.3 is 0 Å². The lowest BCUT2D eigenvalue weighted by Gasteiger charge is -2.33. The molecule has 1 amide bonds. The summed E-state index contributed by atoms with van der Waals surface area (Å²) < 4.78 is 41.1. The molecule has 1 aliphatic carbocycles. The van der Waals surface area contributed by atoms with Gasteiger partial charge in [0.25, 0.3) is 0 Å². The van der Waals surface area contributed by atoms with Crippen LogP contribution in [-0.4, -0.2) is 31.2 Å². The number of nitrogens with one attached hydrogen (secondary N) is 1. The van der Waals surface area contributed by atoms with Gasteiger partial charge < -0.3 is 5.32 Å². The van der Waals surface area contributed by atoms with Gasteiger partial charge in [-0.1, -0.05) is 43.0 Å². The first kappa shape index (κ1) is 22.7. The Kier molecular flexibility index (Phi) is 7.50. The molecule has 1 atom stereocenters. The molecule has 0 bridgehead atoms. The number of hydrogen-bond acceptors (Lipinski definition) is 3. The Bertz CT molecular complexity index is 959. The average Bonchev–Trinajstić information content (AvgIpc) is 2.73. The molecule has 2 aromatic carbocycles. The van der Waals surface area contributed by atoms with E-state index in [1.54, 1.807) is 12.1 Å². The molecule has 0 aliphatic heterocycles. The van der Waals surface area contributed by atoms with Crippen LogP contribution < -0.4 is 5.32 Å². The topological polar surface area (TPSA) is 66.5 Å². The van der Waals surface area contributed by atoms with E-state index in [0.717, 1.165) is 37.0 Å². The molecule has 0 radical (unpaired) electrons. The van der Waals surface area contributed by atoms with Gasteiger partial charge in [0, 0.05) is 11.1 Å². The van der Waals surface area contributed by atoms with Gasteiger partial charge in [-0.3, -0.25) is 4.79 Å². The highest BCUT2D eigenvalue weighted by molar-refractivity contribution is 7.89. The fourth-order valence-corrected chi connectivity index (χ4v) is 5.55. The molecule has 30 heavy (non-hydrogen) atoms. The number of carbonyl (C=O) groups excluding carboxylic acids is 1. The first-order chi connectivity index (χ1) is 14.3. The van der Waals surface area contributed by atoms with Crippen molar-refractivity contribution in [3.8, 4) is 0 Å². The van der Waals surface area contributed by atoms with E-state index in [2.05, 4.69) is 5.32 Å². The van der Waals surface area contributed by atoms with Crippen LogP contribution in [0.2, 0.25) is 5.02 Å². The molecule has 0 saturated heterocycles. The molecule has 162 valence electrons. The Hall–Kier alpha value is -1.96. The van der Waals surface area contributed by atoms with Gasteiger partial charge in [-0.15, -0.1) is 0 Å². The van der Waals surface area contributed by atoms with Crippen LogP contribution in [0.1, 0.15) is 50.6 Å². The van der Waals surface area contributed by atoms with Crippen molar-refractivity contribution < 1.29 is 17.6 Å². The minimum absolute atomic E-state index is 0.00646. The largest absolute Gasteiger partial charge is 0.348 e. The third kappa shape index (κ3) is 5.59. The summed E-state index contributed by atoms with van der Waals surface area (Å²) in [7, 11) is -3.93. The van der Waals surface area contributed by atoms with E-state index in [0.29, 0.717) is 17.9 Å². The molecule has 5 nitrogen and oxygen atoms in total. The Morgan fingerprint density at radius 2 is 1.70 bits per heavy atom. The van der Waals surface area contributed by atoms with Gasteiger partial charge in [0.05, 0.1) is 17.5 Å². The van der Waals surface area contributed by atoms with Gasteiger partial charge in [-0.2, -0.15) is 4.31 Å². The lowest BCUT2D eigenvalue weighted by atomic mass is 9.95. The van der Waals surface area contributed by atoms with Crippen LogP contribution in [-0.2, 0) is 14.8 Å². The van der Waals surface area contributed by atoms with Crippen LogP contribution >= 0.6 is 11.6 Å². The van der Waals surface area contributed by atoms with Crippen molar-refractivity contribution in [3.63, 3.8) is 0 Å². The smallest absolute Gasteiger partial charge is 0.243 e. The minimum Gasteiger partial charge on any atom is -0.348 e. The summed E-state index contributed by atoms with van der Waals surface area (Å²) in [6.45, 7) is 1.56. The SMILES string of the molecule is C[C@H](NC(=O)CN(C1CCCCC1)S(=O)(=O)c1ccc(F)cc1)c1ccc(Cl)cc1. The molecule has 2 aromatic rings. The number of hydrogen-bond donors (Lipinski definition) is 1. The fourth-order valence-electron chi connectivity index (χ4n) is 3.78. The minimum atomic E-state index is -3.93. The van der Waals surface area contributed by atoms with Crippen molar-refractivity contribution in [1.82, 2.24) is 9.62 Å². The van der Waals surface area contributed by atoms with Crippen LogP contribution in [0, 0.1) is 5.82 Å². The van der Waals surface area contributed by atoms with Crippen molar-refractivity contribution in [3.05, 3.63) is 64.9 Å². The second kappa shape index (κ2) is 9.90. The number of benzene rings is 2. The lowest BCUT2D eigenvalue weighted by molar-refractivity contribution is -0.122. The van der Waals surface area contributed by atoms with Crippen molar-refractivity contribution >= 4 is 27.5 Å². The number of nitrogens with zero attached hydrogens (tertiary/aromatic N) is 1. The van der Waals surface area contributed by atoms with Crippen LogP contribution in [0.15, 0.2) is 53.4 Å². The fraction of sp³-hybridized carbons (Fsp3) is 0.409. The van der Waals surface area contributed by atoms with Crippen molar-refractivity contribution in [2.75, 3.05) is 6.54 Å². The van der Waals surface area contributed by atoms with E-state index in [9.17, 15) is 17.6 Å². The van der Waals surface area contributed by atoms with Gasteiger partial charge in [0.15, 0.2) is 0 Å². The van der Waals surface area contributed by atoms with Crippen LogP contribution in [0.25, 0.3) is 0 Å². The molecule has 8 heteroatoms. The Balaban J connectivity index is 1.79. The van der Waals surface area contributed by atoms with Gasteiger partial charge in [0.2, 0.25) is 15.9 Å². The zero-order valence-corrected chi connectivity index (χ0v) is 18.4. The molecule has 0 aromatic heterocycles. The Morgan fingerprint density at radius 3 is 2.30 bits per heavy atom. The second-order valence-corrected chi connectivity index (χ2v) is 9.96. The zero-order chi connectivity index (χ0) is 21.7. The summed E-state index contributed by atoms with van der Waals surface area (Å²) in [6, 6.07) is 11.3. The molecule has 1 aliphatic rings. The van der Waals surface area contributed by atoms with E-state index in [4.69, 9.17) is 11.6 Å². The highest BCUT2D eigenvalue weighted by atomic mass is 35.5. The van der Waals surface area contributed by atoms with Crippen LogP contribution in [0.4, 0.5) is 4.39 Å². The lowest BCUT2D eigenvalue weighted by Crippen LogP contribution is -2.47. The van der Waals surface area contributed by atoms with E-state index >= 15 is 0 Å². The zero-order valence-electron chi connectivity index (χ0n) is 16.9. The molecule has 0 unspecified atom stereocenters. The van der Waals surface area contributed by atoms with E-state index < -0.39 is 15.8 Å². The quantitative estimate of drug-likeness (QED) is 0.663. The predicted molar refractivity (Wildman–Crippen MR) is 115 cm³/mol. The van der Waals surface area contributed by atoms with Gasteiger partial charge in [-0.05, 0) is 61.7 Å². The average molecular weight is 453 g/mol. The maximum atomic E-state index is 13.3. The van der Waals surface area contributed by atoms with Gasteiger partial charge in [0.1, 0.15) is 5.82 Å². The summed E-state index contributed by atoms with van der Waals surface area (Å²) in [5.41, 5.74) is 0.873. The standard InChI is InChI=1S/C22H26ClFN2O3S/c1-16(17-7-9-18(23)10-8-17)25-22(27)15-26(20-5-3-2-4-6-20)30(28,29)21-13-11-19(24)12-14-21/h7-14,16,20H,2-6,15H2,1H3,(H,25,27)/t16-/m0/s1. The number of amides is 1. The summed E-state index contributed by atoms with van der Waals surface area (Å²) in [5, 5.41) is 3.47. The van der Waals surface area contributed by atoms with Crippen molar-refractivity contribution in [1.29, 1.82) is 0 Å². The van der Waals surface area contributed by atoms with E-state index in [1.165, 1.54) is 16.4 Å². The second-order valence-electron chi connectivity index (χ2n) is 7.64. The monoisotopic (exact) mass is 452 g/mol. The van der Waals surface area contributed by atoms with Gasteiger partial charge in [-0.25, -0.2) is 12.8 Å². The van der Waals surface area contributed by atoms with Crippen molar-refractivity contribution in [2.24, 2.45) is 0 Å². The molecule has 1 saturated carbocycles. The van der Waals surface area contributed by atoms with E-state index in [1.807, 2.05) is 19.1 Å². The van der Waals surface area contributed by atoms with Crippen molar-refractivity contribution in [2.45, 2.75) is 56.0 Å². The number of halogens is 2. The molecule has 0 spiro atoms.